The van der Waals surface area contributed by atoms with Crippen LogP contribution in [0, 0.1) is 0 Å². The average Bonchev–Trinajstić information content (AvgIpc) is 1.80. The Morgan fingerprint density at radius 3 is 2.23 bits per heavy atom. The number of rotatable bonds is 2. The van der Waals surface area contributed by atoms with Crippen molar-refractivity contribution in [1.82, 2.24) is 4.72 Å². The van der Waals surface area contributed by atoms with Crippen molar-refractivity contribution in [2.75, 3.05) is 12.9 Å². The zero-order valence-electron chi connectivity index (χ0n) is 6.38. The molecule has 9 heteroatoms. The van der Waals surface area contributed by atoms with E-state index in [1.165, 1.54) is 4.72 Å². The van der Waals surface area contributed by atoms with E-state index in [0.717, 1.165) is 7.11 Å². The topological polar surface area (TPSA) is 72.5 Å². The molecule has 1 N–H and O–H groups in total. The second-order valence-electron chi connectivity index (χ2n) is 1.97. The van der Waals surface area contributed by atoms with Crippen molar-refractivity contribution in [2.24, 2.45) is 0 Å². The van der Waals surface area contributed by atoms with E-state index in [1.54, 1.807) is 0 Å². The van der Waals surface area contributed by atoms with Gasteiger partial charge in [-0.05, 0) is 0 Å². The maximum Gasteiger partial charge on any atom is 0.420 e. The van der Waals surface area contributed by atoms with E-state index >= 15 is 0 Å². The van der Waals surface area contributed by atoms with Crippen LogP contribution in [0.4, 0.5) is 4.79 Å². The normalized spacial score (nSPS) is 12.3. The lowest BCUT2D eigenvalue weighted by molar-refractivity contribution is 0.177. The Kier molecular flexibility index (Phi) is 4.58. The number of halogens is 3. The molecule has 78 valence electrons. The molecule has 0 radical (unpaired) electrons. The van der Waals surface area contributed by atoms with Gasteiger partial charge in [0.25, 0.3) is 0 Å². The second-order valence-corrected chi connectivity index (χ2v) is 6.21. The van der Waals surface area contributed by atoms with Gasteiger partial charge in [-0.1, -0.05) is 34.8 Å². The first-order valence-corrected chi connectivity index (χ1v) is 5.60. The Morgan fingerprint density at radius 1 is 1.46 bits per heavy atom. The first-order chi connectivity index (χ1) is 5.66. The van der Waals surface area contributed by atoms with Crippen LogP contribution in [-0.2, 0) is 14.8 Å². The highest BCUT2D eigenvalue weighted by Gasteiger charge is 2.29. The smallest absolute Gasteiger partial charge is 0.420 e. The number of nitrogens with one attached hydrogen (secondary N) is 1. The minimum atomic E-state index is -3.97. The standard InChI is InChI=1S/C4H6Cl3NO4S/c1-12-3(9)8-13(10,11)2-4(5,6)7/h2H2,1H3,(H,8,9). The molecule has 0 bridgehead atoms. The van der Waals surface area contributed by atoms with E-state index in [2.05, 4.69) is 4.74 Å². The Labute approximate surface area is 90.3 Å². The fourth-order valence-electron chi connectivity index (χ4n) is 0.420. The maximum absolute atomic E-state index is 11.0. The SMILES string of the molecule is COC(=O)NS(=O)(=O)CC(Cl)(Cl)Cl. The summed E-state index contributed by atoms with van der Waals surface area (Å²) >= 11 is 15.6. The number of carbonyl (C=O) groups excluding carboxylic acids is 1. The summed E-state index contributed by atoms with van der Waals surface area (Å²) in [7, 11) is -2.96. The summed E-state index contributed by atoms with van der Waals surface area (Å²) in [6.45, 7) is 0. The maximum atomic E-state index is 11.0. The third kappa shape index (κ3) is 7.18. The molecule has 0 fully saturated rings. The van der Waals surface area contributed by atoms with Crippen LogP contribution in [-0.4, -0.2) is 31.2 Å². The average molecular weight is 271 g/mol. The molecule has 0 aliphatic rings. The minimum Gasteiger partial charge on any atom is -0.452 e. The lowest BCUT2D eigenvalue weighted by Gasteiger charge is -2.10. The van der Waals surface area contributed by atoms with Gasteiger partial charge in [0.1, 0.15) is 5.75 Å². The summed E-state index contributed by atoms with van der Waals surface area (Å²) in [6, 6.07) is 0. The van der Waals surface area contributed by atoms with Crippen LogP contribution >= 0.6 is 34.8 Å². The van der Waals surface area contributed by atoms with Gasteiger partial charge in [0.05, 0.1) is 7.11 Å². The van der Waals surface area contributed by atoms with E-state index in [9.17, 15) is 13.2 Å². The van der Waals surface area contributed by atoms with Crippen LogP contribution in [0.1, 0.15) is 0 Å². The lowest BCUT2D eigenvalue weighted by atomic mass is 10.9. The van der Waals surface area contributed by atoms with E-state index in [1.807, 2.05) is 0 Å². The predicted molar refractivity (Wildman–Crippen MR) is 49.6 cm³/mol. The Bertz CT molecular complexity index is 282. The van der Waals surface area contributed by atoms with Gasteiger partial charge in [0, 0.05) is 0 Å². The predicted octanol–water partition coefficient (Wildman–Crippen LogP) is 1.04. The van der Waals surface area contributed by atoms with Gasteiger partial charge in [-0.3, -0.25) is 0 Å². The van der Waals surface area contributed by atoms with Crippen molar-refractivity contribution in [3.8, 4) is 0 Å². The minimum absolute atomic E-state index is 0.820. The fraction of sp³-hybridized carbons (Fsp3) is 0.750. The van der Waals surface area contributed by atoms with Crippen LogP contribution in [0.5, 0.6) is 0 Å². The van der Waals surface area contributed by atoms with Gasteiger partial charge in [0.2, 0.25) is 13.8 Å². The first kappa shape index (κ1) is 13.1. The molecule has 0 heterocycles. The molecule has 0 aromatic carbocycles. The number of ether oxygens (including phenoxy) is 1. The quantitative estimate of drug-likeness (QED) is 0.761. The van der Waals surface area contributed by atoms with Gasteiger partial charge in [-0.2, -0.15) is 0 Å². The number of methoxy groups -OCH3 is 1. The van der Waals surface area contributed by atoms with E-state index in [-0.39, 0.29) is 0 Å². The number of carbonyl (C=O) groups is 1. The molecule has 0 spiro atoms. The molecule has 13 heavy (non-hydrogen) atoms. The summed E-state index contributed by atoms with van der Waals surface area (Å²) in [5.41, 5.74) is 0. The molecule has 5 nitrogen and oxygen atoms in total. The van der Waals surface area contributed by atoms with Crippen molar-refractivity contribution in [3.63, 3.8) is 0 Å². The molecule has 0 aliphatic heterocycles. The molecular weight excluding hydrogens is 264 g/mol. The Hall–Kier alpha value is 0.0900. The van der Waals surface area contributed by atoms with E-state index in [0.29, 0.717) is 0 Å². The Balaban J connectivity index is 4.35. The van der Waals surface area contributed by atoms with Gasteiger partial charge >= 0.3 is 6.09 Å². The molecule has 0 aromatic heterocycles. The van der Waals surface area contributed by atoms with Crippen molar-refractivity contribution in [2.45, 2.75) is 3.79 Å². The van der Waals surface area contributed by atoms with Gasteiger partial charge in [-0.15, -0.1) is 0 Å². The first-order valence-electron chi connectivity index (χ1n) is 2.81. The molecule has 0 aliphatic carbocycles. The zero-order chi connectivity index (χ0) is 10.7. The third-order valence-electron chi connectivity index (χ3n) is 0.778. The van der Waals surface area contributed by atoms with Crippen LogP contribution in [0.25, 0.3) is 0 Å². The molecule has 0 rings (SSSR count). The highest BCUT2D eigenvalue weighted by atomic mass is 35.6. The monoisotopic (exact) mass is 269 g/mol. The molecule has 0 unspecified atom stereocenters. The number of amides is 1. The highest BCUT2D eigenvalue weighted by molar-refractivity contribution is 7.90. The molecule has 0 saturated carbocycles. The zero-order valence-corrected chi connectivity index (χ0v) is 9.47. The fourth-order valence-corrected chi connectivity index (χ4v) is 2.55. The van der Waals surface area contributed by atoms with Crippen LogP contribution in [0.3, 0.4) is 0 Å². The summed E-state index contributed by atoms with van der Waals surface area (Å²) in [4.78, 5) is 10.5. The van der Waals surface area contributed by atoms with Crippen LogP contribution < -0.4 is 4.72 Å². The van der Waals surface area contributed by atoms with Gasteiger partial charge < -0.3 is 4.74 Å². The van der Waals surface area contributed by atoms with Crippen LogP contribution in [0.15, 0.2) is 0 Å². The molecule has 0 aromatic rings. The van der Waals surface area contributed by atoms with Crippen molar-refractivity contribution >= 4 is 50.9 Å². The molecule has 0 atom stereocenters. The van der Waals surface area contributed by atoms with Crippen molar-refractivity contribution < 1.29 is 17.9 Å². The Morgan fingerprint density at radius 2 is 1.92 bits per heavy atom. The molecule has 0 saturated heterocycles. The summed E-state index contributed by atoms with van der Waals surface area (Å²) < 4.78 is 25.5. The summed E-state index contributed by atoms with van der Waals surface area (Å²) in [5.74, 6) is -0.820. The van der Waals surface area contributed by atoms with Gasteiger partial charge in [-0.25, -0.2) is 17.9 Å². The number of sulfonamides is 1. The third-order valence-corrected chi connectivity index (χ3v) is 2.94. The lowest BCUT2D eigenvalue weighted by Crippen LogP contribution is -2.36. The number of hydrogen-bond acceptors (Lipinski definition) is 4. The van der Waals surface area contributed by atoms with E-state index < -0.39 is 25.7 Å². The summed E-state index contributed by atoms with van der Waals surface area (Å²) in [5, 5.41) is 0. The number of alkyl halides is 3. The molecular formula is C4H6Cl3NO4S. The van der Waals surface area contributed by atoms with Crippen molar-refractivity contribution in [3.05, 3.63) is 0 Å². The summed E-state index contributed by atoms with van der Waals surface area (Å²) in [6.07, 6.45) is -1.13. The molecule has 1 amide bonds. The number of hydrogen-bond donors (Lipinski definition) is 1. The largest absolute Gasteiger partial charge is 0.452 e. The van der Waals surface area contributed by atoms with Gasteiger partial charge in [0.15, 0.2) is 0 Å². The van der Waals surface area contributed by atoms with Crippen LogP contribution in [0.2, 0.25) is 0 Å². The second kappa shape index (κ2) is 4.54. The van der Waals surface area contributed by atoms with Crippen molar-refractivity contribution in [1.29, 1.82) is 0 Å². The van der Waals surface area contributed by atoms with E-state index in [4.69, 9.17) is 34.8 Å². The highest BCUT2D eigenvalue weighted by Crippen LogP contribution is 2.27.